The van der Waals surface area contributed by atoms with Crippen molar-refractivity contribution in [1.82, 2.24) is 0 Å². The van der Waals surface area contributed by atoms with Crippen LogP contribution < -0.4 is 0 Å². The topological polar surface area (TPSA) is 0 Å². The highest BCUT2D eigenvalue weighted by molar-refractivity contribution is 7.40. The Balaban J connectivity index is 2.41. The first kappa shape index (κ1) is 16.7. The zero-order valence-electron chi connectivity index (χ0n) is 13.0. The Bertz CT molecular complexity index is 325. The van der Waals surface area contributed by atoms with Crippen LogP contribution in [0.25, 0.3) is 0 Å². The molecule has 0 heterocycles. The van der Waals surface area contributed by atoms with Crippen LogP contribution in [0.3, 0.4) is 0 Å². The molecule has 19 heavy (non-hydrogen) atoms. The summed E-state index contributed by atoms with van der Waals surface area (Å²) < 4.78 is 0. The standard InChI is InChI=1S/C18H31P/c1-4-6-8-9-16-19-18(3)14-10-12-17(13-15-18)11-7-5-2/h5,7-9,13,19H,4,6,10-12,14-16H2,1-3H3/b7-5-,9-8+. The fourth-order valence-corrected chi connectivity index (χ4v) is 3.94. The van der Waals surface area contributed by atoms with Crippen molar-refractivity contribution < 1.29 is 0 Å². The van der Waals surface area contributed by atoms with Crippen LogP contribution in [-0.4, -0.2) is 11.3 Å². The van der Waals surface area contributed by atoms with Crippen molar-refractivity contribution in [2.24, 2.45) is 0 Å². The van der Waals surface area contributed by atoms with Crippen molar-refractivity contribution in [2.45, 2.75) is 70.9 Å². The molecule has 0 saturated carbocycles. The largest absolute Gasteiger partial charge is 0.112 e. The summed E-state index contributed by atoms with van der Waals surface area (Å²) >= 11 is 0. The fraction of sp³-hybridized carbons (Fsp3) is 0.667. The summed E-state index contributed by atoms with van der Waals surface area (Å²) in [6, 6.07) is 0. The number of allylic oxidation sites excluding steroid dienone is 6. The Kier molecular flexibility index (Phi) is 8.38. The van der Waals surface area contributed by atoms with E-state index in [-0.39, 0.29) is 0 Å². The molecule has 1 heteroatoms. The second kappa shape index (κ2) is 9.54. The van der Waals surface area contributed by atoms with Crippen LogP contribution in [0.1, 0.15) is 65.7 Å². The summed E-state index contributed by atoms with van der Waals surface area (Å²) in [4.78, 5) is 0. The van der Waals surface area contributed by atoms with Gasteiger partial charge in [-0.1, -0.05) is 56.2 Å². The summed E-state index contributed by atoms with van der Waals surface area (Å²) in [6.45, 7) is 6.86. The van der Waals surface area contributed by atoms with Gasteiger partial charge >= 0.3 is 0 Å². The fourth-order valence-electron chi connectivity index (χ4n) is 2.57. The highest BCUT2D eigenvalue weighted by Crippen LogP contribution is 2.42. The van der Waals surface area contributed by atoms with E-state index in [1.54, 1.807) is 5.57 Å². The molecule has 1 aliphatic rings. The number of hydrogen-bond acceptors (Lipinski definition) is 0. The Morgan fingerprint density at radius 1 is 1.32 bits per heavy atom. The van der Waals surface area contributed by atoms with Crippen molar-refractivity contribution in [2.75, 3.05) is 6.16 Å². The third-order valence-electron chi connectivity index (χ3n) is 3.95. The van der Waals surface area contributed by atoms with Gasteiger partial charge in [0.15, 0.2) is 0 Å². The predicted octanol–water partition coefficient (Wildman–Crippen LogP) is 6.25. The lowest BCUT2D eigenvalue weighted by atomic mass is 10.0. The van der Waals surface area contributed by atoms with Crippen molar-refractivity contribution in [3.05, 3.63) is 36.0 Å². The van der Waals surface area contributed by atoms with Crippen LogP contribution in [0.2, 0.25) is 0 Å². The molecule has 0 bridgehead atoms. The van der Waals surface area contributed by atoms with E-state index in [0.29, 0.717) is 5.16 Å². The minimum Gasteiger partial charge on any atom is -0.112 e. The van der Waals surface area contributed by atoms with Crippen molar-refractivity contribution in [1.29, 1.82) is 0 Å². The van der Waals surface area contributed by atoms with Gasteiger partial charge in [-0.05, 0) is 56.8 Å². The first-order valence-corrected chi connectivity index (χ1v) is 9.10. The maximum Gasteiger partial charge on any atom is -0.0113 e. The van der Waals surface area contributed by atoms with Crippen LogP contribution in [0, 0.1) is 0 Å². The molecule has 0 aromatic rings. The normalized spacial score (nSPS) is 25.5. The molecule has 0 aromatic heterocycles. The molecule has 0 aliphatic heterocycles. The molecule has 0 aromatic carbocycles. The number of unbranched alkanes of at least 4 members (excludes halogenated alkanes) is 1. The molecular formula is C18H31P. The van der Waals surface area contributed by atoms with E-state index in [1.807, 2.05) is 0 Å². The number of hydrogen-bond donors (Lipinski definition) is 0. The molecule has 2 atom stereocenters. The van der Waals surface area contributed by atoms with Crippen LogP contribution in [0.15, 0.2) is 36.0 Å². The summed E-state index contributed by atoms with van der Waals surface area (Å²) in [5.41, 5.74) is 1.66. The Hall–Kier alpha value is -0.350. The van der Waals surface area contributed by atoms with Gasteiger partial charge in [-0.25, -0.2) is 0 Å². The van der Waals surface area contributed by atoms with E-state index < -0.39 is 0 Å². The summed E-state index contributed by atoms with van der Waals surface area (Å²) in [5.74, 6) is 0. The molecule has 0 N–H and O–H groups in total. The van der Waals surface area contributed by atoms with E-state index in [1.165, 1.54) is 51.1 Å². The third kappa shape index (κ3) is 7.11. The van der Waals surface area contributed by atoms with E-state index >= 15 is 0 Å². The van der Waals surface area contributed by atoms with Gasteiger partial charge in [0.2, 0.25) is 0 Å². The number of rotatable bonds is 7. The van der Waals surface area contributed by atoms with E-state index in [2.05, 4.69) is 51.2 Å². The van der Waals surface area contributed by atoms with Crippen molar-refractivity contribution >= 4 is 8.58 Å². The van der Waals surface area contributed by atoms with Gasteiger partial charge in [0.05, 0.1) is 0 Å². The monoisotopic (exact) mass is 278 g/mol. The smallest absolute Gasteiger partial charge is 0.0113 e. The lowest BCUT2D eigenvalue weighted by molar-refractivity contribution is 0.575. The average molecular weight is 278 g/mol. The quantitative estimate of drug-likeness (QED) is 0.381. The molecule has 0 fully saturated rings. The summed E-state index contributed by atoms with van der Waals surface area (Å²) in [6.07, 6.45) is 22.1. The van der Waals surface area contributed by atoms with Gasteiger partial charge in [0.1, 0.15) is 0 Å². The maximum atomic E-state index is 2.54. The van der Waals surface area contributed by atoms with Gasteiger partial charge in [0.25, 0.3) is 0 Å². The predicted molar refractivity (Wildman–Crippen MR) is 91.6 cm³/mol. The minimum atomic E-state index is 0.564. The molecule has 1 aliphatic carbocycles. The Labute approximate surface area is 122 Å². The third-order valence-corrected chi connectivity index (χ3v) is 5.70. The van der Waals surface area contributed by atoms with Gasteiger partial charge in [-0.3, -0.25) is 0 Å². The van der Waals surface area contributed by atoms with Crippen molar-refractivity contribution in [3.8, 4) is 0 Å². The first-order chi connectivity index (χ1) is 9.20. The van der Waals surface area contributed by atoms with Gasteiger partial charge < -0.3 is 0 Å². The van der Waals surface area contributed by atoms with Crippen LogP contribution in [-0.2, 0) is 0 Å². The molecular weight excluding hydrogens is 247 g/mol. The molecule has 108 valence electrons. The van der Waals surface area contributed by atoms with E-state index in [0.717, 1.165) is 8.58 Å². The van der Waals surface area contributed by atoms with Crippen molar-refractivity contribution in [3.63, 3.8) is 0 Å². The highest BCUT2D eigenvalue weighted by atomic mass is 31.1. The van der Waals surface area contributed by atoms with Gasteiger partial charge in [0, 0.05) is 0 Å². The minimum absolute atomic E-state index is 0.564. The van der Waals surface area contributed by atoms with Crippen LogP contribution in [0.4, 0.5) is 0 Å². The Morgan fingerprint density at radius 3 is 2.89 bits per heavy atom. The summed E-state index contributed by atoms with van der Waals surface area (Å²) in [7, 11) is 1.08. The molecule has 0 radical (unpaired) electrons. The molecule has 0 saturated heterocycles. The lowest BCUT2D eigenvalue weighted by Crippen LogP contribution is -2.16. The highest BCUT2D eigenvalue weighted by Gasteiger charge is 2.24. The zero-order valence-corrected chi connectivity index (χ0v) is 14.0. The molecule has 2 unspecified atom stereocenters. The zero-order chi connectivity index (χ0) is 14.0. The second-order valence-electron chi connectivity index (χ2n) is 5.89. The van der Waals surface area contributed by atoms with Gasteiger partial charge in [-0.15, -0.1) is 8.58 Å². The lowest BCUT2D eigenvalue weighted by Gasteiger charge is -2.26. The average Bonchev–Trinajstić information content (AvgIpc) is 2.59. The molecule has 1 rings (SSSR count). The molecule has 0 amide bonds. The first-order valence-electron chi connectivity index (χ1n) is 7.89. The van der Waals surface area contributed by atoms with Gasteiger partial charge in [-0.2, -0.15) is 0 Å². The second-order valence-corrected chi connectivity index (χ2v) is 7.86. The van der Waals surface area contributed by atoms with Crippen LogP contribution in [0.5, 0.6) is 0 Å². The molecule has 0 spiro atoms. The molecule has 0 nitrogen and oxygen atoms in total. The van der Waals surface area contributed by atoms with E-state index in [4.69, 9.17) is 0 Å². The Morgan fingerprint density at radius 2 is 2.16 bits per heavy atom. The maximum absolute atomic E-state index is 2.54. The van der Waals surface area contributed by atoms with Crippen LogP contribution >= 0.6 is 8.58 Å². The SMILES string of the molecule is C/C=C\CC1=CCC(C)(PC/C=C/CCC)CCC1. The van der Waals surface area contributed by atoms with E-state index in [9.17, 15) is 0 Å². The summed E-state index contributed by atoms with van der Waals surface area (Å²) in [5, 5.41) is 0.564.